The fourth-order valence-corrected chi connectivity index (χ4v) is 3.86. The third-order valence-corrected chi connectivity index (χ3v) is 5.22. The van der Waals surface area contributed by atoms with E-state index < -0.39 is 10.0 Å². The molecule has 2 aromatic carbocycles. The normalized spacial score (nSPS) is 14.7. The summed E-state index contributed by atoms with van der Waals surface area (Å²) in [5.74, 6) is -0.227. The van der Waals surface area contributed by atoms with Gasteiger partial charge in [-0.1, -0.05) is 0 Å². The van der Waals surface area contributed by atoms with Crippen molar-refractivity contribution in [3.8, 4) is 0 Å². The summed E-state index contributed by atoms with van der Waals surface area (Å²) in [5.41, 5.74) is 3.55. The molecule has 1 fully saturated rings. The topological polar surface area (TPSA) is 78.5 Å². The lowest BCUT2D eigenvalue weighted by molar-refractivity contribution is 0.102. The molecule has 27 heavy (non-hydrogen) atoms. The highest BCUT2D eigenvalue weighted by Gasteiger charge is 2.12. The first-order valence-corrected chi connectivity index (χ1v) is 11.0. The van der Waals surface area contributed by atoms with E-state index >= 15 is 0 Å². The van der Waals surface area contributed by atoms with E-state index in [-0.39, 0.29) is 5.91 Å². The van der Waals surface area contributed by atoms with Crippen LogP contribution in [-0.2, 0) is 10.0 Å². The van der Waals surface area contributed by atoms with Crippen molar-refractivity contribution in [2.24, 2.45) is 0 Å². The molecule has 0 bridgehead atoms. The molecule has 6 nitrogen and oxygen atoms in total. The van der Waals surface area contributed by atoms with Crippen LogP contribution >= 0.6 is 0 Å². The molecule has 0 spiro atoms. The van der Waals surface area contributed by atoms with Crippen LogP contribution in [0, 0.1) is 6.92 Å². The van der Waals surface area contributed by atoms with Gasteiger partial charge in [-0.2, -0.15) is 0 Å². The maximum absolute atomic E-state index is 12.5. The van der Waals surface area contributed by atoms with E-state index in [1.54, 1.807) is 25.1 Å². The lowest BCUT2D eigenvalue weighted by Gasteiger charge is -2.28. The van der Waals surface area contributed by atoms with Gasteiger partial charge in [-0.3, -0.25) is 9.52 Å². The highest BCUT2D eigenvalue weighted by atomic mass is 32.2. The number of nitrogens with one attached hydrogen (secondary N) is 2. The molecule has 0 radical (unpaired) electrons. The minimum absolute atomic E-state index is 0.227. The first-order chi connectivity index (χ1) is 12.8. The van der Waals surface area contributed by atoms with E-state index in [1.807, 2.05) is 24.3 Å². The Kier molecular flexibility index (Phi) is 5.70. The van der Waals surface area contributed by atoms with Crippen LogP contribution in [0.3, 0.4) is 0 Å². The first-order valence-electron chi connectivity index (χ1n) is 9.07. The van der Waals surface area contributed by atoms with Crippen LogP contribution in [0.1, 0.15) is 35.2 Å². The van der Waals surface area contributed by atoms with Gasteiger partial charge in [0.15, 0.2) is 0 Å². The van der Waals surface area contributed by atoms with Crippen LogP contribution < -0.4 is 14.9 Å². The minimum Gasteiger partial charge on any atom is -0.372 e. The van der Waals surface area contributed by atoms with Crippen molar-refractivity contribution in [1.82, 2.24) is 0 Å². The molecule has 3 rings (SSSR count). The zero-order valence-corrected chi connectivity index (χ0v) is 16.5. The van der Waals surface area contributed by atoms with Crippen LogP contribution in [0.15, 0.2) is 42.5 Å². The average molecular weight is 388 g/mol. The average Bonchev–Trinajstić information content (AvgIpc) is 2.63. The van der Waals surface area contributed by atoms with Gasteiger partial charge in [0.25, 0.3) is 5.91 Å². The molecule has 1 heterocycles. The number of amides is 1. The Morgan fingerprint density at radius 2 is 1.67 bits per heavy atom. The second-order valence-electron chi connectivity index (χ2n) is 6.95. The van der Waals surface area contributed by atoms with Gasteiger partial charge in [0.05, 0.1) is 11.9 Å². The number of aryl methyl sites for hydroxylation is 1. The molecule has 0 unspecified atom stereocenters. The molecule has 1 amide bonds. The van der Waals surface area contributed by atoms with Crippen molar-refractivity contribution >= 4 is 33.0 Å². The number of carbonyl (C=O) groups excluding carboxylic acids is 1. The zero-order valence-electron chi connectivity index (χ0n) is 15.7. The molecule has 7 heteroatoms. The van der Waals surface area contributed by atoms with Crippen LogP contribution in [0.4, 0.5) is 17.1 Å². The molecule has 2 aromatic rings. The number of carbonyl (C=O) groups is 1. The zero-order chi connectivity index (χ0) is 19.4. The second-order valence-corrected chi connectivity index (χ2v) is 8.70. The predicted octanol–water partition coefficient (Wildman–Crippen LogP) is 3.61. The van der Waals surface area contributed by atoms with Gasteiger partial charge in [-0.25, -0.2) is 8.42 Å². The number of nitrogens with zero attached hydrogens (tertiary/aromatic N) is 1. The lowest BCUT2D eigenvalue weighted by Crippen LogP contribution is -2.29. The molecule has 0 saturated carbocycles. The van der Waals surface area contributed by atoms with E-state index in [2.05, 4.69) is 14.9 Å². The third kappa shape index (κ3) is 5.23. The standard InChI is InChI=1S/C20H25N3O3S/c1-15-14-16(6-11-19(15)22-27(2,25)26)20(24)21-17-7-9-18(10-8-17)23-12-4-3-5-13-23/h6-11,14,22H,3-5,12-13H2,1-2H3,(H,21,24). The molecule has 1 saturated heterocycles. The van der Waals surface area contributed by atoms with E-state index in [0.29, 0.717) is 16.8 Å². The summed E-state index contributed by atoms with van der Waals surface area (Å²) in [7, 11) is -3.35. The van der Waals surface area contributed by atoms with Gasteiger partial charge >= 0.3 is 0 Å². The van der Waals surface area contributed by atoms with E-state index in [9.17, 15) is 13.2 Å². The van der Waals surface area contributed by atoms with Gasteiger partial charge in [-0.05, 0) is 74.2 Å². The molecule has 144 valence electrons. The Morgan fingerprint density at radius 1 is 1.00 bits per heavy atom. The van der Waals surface area contributed by atoms with E-state index in [1.165, 1.54) is 24.9 Å². The van der Waals surface area contributed by atoms with E-state index in [4.69, 9.17) is 0 Å². The van der Waals surface area contributed by atoms with Crippen LogP contribution in [-0.4, -0.2) is 33.7 Å². The summed E-state index contributed by atoms with van der Waals surface area (Å²) in [6, 6.07) is 12.8. The van der Waals surface area contributed by atoms with Crippen LogP contribution in [0.25, 0.3) is 0 Å². The van der Waals surface area contributed by atoms with Crippen molar-refractivity contribution < 1.29 is 13.2 Å². The molecule has 1 aliphatic heterocycles. The van der Waals surface area contributed by atoms with Gasteiger partial charge in [-0.15, -0.1) is 0 Å². The van der Waals surface area contributed by atoms with Crippen molar-refractivity contribution in [1.29, 1.82) is 0 Å². The summed E-state index contributed by atoms with van der Waals surface area (Å²) in [6.45, 7) is 3.93. The number of hydrogen-bond acceptors (Lipinski definition) is 4. The maximum atomic E-state index is 12.5. The monoisotopic (exact) mass is 387 g/mol. The summed E-state index contributed by atoms with van der Waals surface area (Å²) >= 11 is 0. The summed E-state index contributed by atoms with van der Waals surface area (Å²) < 4.78 is 25.2. The summed E-state index contributed by atoms with van der Waals surface area (Å²) in [4.78, 5) is 14.9. The number of anilines is 3. The Hall–Kier alpha value is -2.54. The maximum Gasteiger partial charge on any atom is 0.255 e. The molecule has 0 aliphatic carbocycles. The predicted molar refractivity (Wildman–Crippen MR) is 110 cm³/mol. The summed E-state index contributed by atoms with van der Waals surface area (Å²) in [5, 5.41) is 2.89. The lowest BCUT2D eigenvalue weighted by atomic mass is 10.1. The number of piperidine rings is 1. The van der Waals surface area contributed by atoms with Gasteiger partial charge < -0.3 is 10.2 Å². The molecule has 0 atom stereocenters. The fourth-order valence-electron chi connectivity index (χ4n) is 3.23. The van der Waals surface area contributed by atoms with Gasteiger partial charge in [0.1, 0.15) is 0 Å². The smallest absolute Gasteiger partial charge is 0.255 e. The molecular formula is C20H25N3O3S. The first kappa shape index (κ1) is 19.2. The highest BCUT2D eigenvalue weighted by molar-refractivity contribution is 7.92. The molecule has 1 aliphatic rings. The third-order valence-electron chi connectivity index (χ3n) is 4.63. The van der Waals surface area contributed by atoms with Crippen LogP contribution in [0.5, 0.6) is 0 Å². The summed E-state index contributed by atoms with van der Waals surface area (Å²) in [6.07, 6.45) is 4.84. The molecule has 0 aromatic heterocycles. The number of benzene rings is 2. The quantitative estimate of drug-likeness (QED) is 0.821. The SMILES string of the molecule is Cc1cc(C(=O)Nc2ccc(N3CCCCC3)cc2)ccc1NS(C)(=O)=O. The Labute approximate surface area is 160 Å². The van der Waals surface area contributed by atoms with Crippen LogP contribution in [0.2, 0.25) is 0 Å². The number of hydrogen-bond donors (Lipinski definition) is 2. The van der Waals surface area contributed by atoms with E-state index in [0.717, 1.165) is 25.0 Å². The fraction of sp³-hybridized carbons (Fsp3) is 0.350. The van der Waals surface area contributed by atoms with Gasteiger partial charge in [0.2, 0.25) is 10.0 Å². The number of sulfonamides is 1. The van der Waals surface area contributed by atoms with Crippen molar-refractivity contribution in [3.63, 3.8) is 0 Å². The van der Waals surface area contributed by atoms with Crippen molar-refractivity contribution in [2.45, 2.75) is 26.2 Å². The molecular weight excluding hydrogens is 362 g/mol. The Bertz CT molecular complexity index is 918. The van der Waals surface area contributed by atoms with Gasteiger partial charge in [0, 0.05) is 30.0 Å². The van der Waals surface area contributed by atoms with Crippen molar-refractivity contribution in [2.75, 3.05) is 34.3 Å². The minimum atomic E-state index is -3.35. The Balaban J connectivity index is 1.67. The van der Waals surface area contributed by atoms with Crippen molar-refractivity contribution in [3.05, 3.63) is 53.6 Å². The second kappa shape index (κ2) is 8.00. The number of rotatable bonds is 5. The highest BCUT2D eigenvalue weighted by Crippen LogP contribution is 2.23. The largest absolute Gasteiger partial charge is 0.372 e. The molecule has 2 N–H and O–H groups in total. The Morgan fingerprint density at radius 3 is 2.26 bits per heavy atom.